The van der Waals surface area contributed by atoms with Crippen LogP contribution in [0.15, 0.2) is 12.1 Å². The van der Waals surface area contributed by atoms with Crippen LogP contribution in [0.3, 0.4) is 0 Å². The van der Waals surface area contributed by atoms with Crippen LogP contribution in [0.2, 0.25) is 0 Å². The van der Waals surface area contributed by atoms with E-state index in [1.165, 1.54) is 12.1 Å². The van der Waals surface area contributed by atoms with Crippen molar-refractivity contribution in [3.63, 3.8) is 0 Å². The van der Waals surface area contributed by atoms with Crippen LogP contribution in [0.4, 0.5) is 0 Å². The zero-order valence-electron chi connectivity index (χ0n) is 9.65. The molecule has 1 aromatic heterocycles. The lowest BCUT2D eigenvalue weighted by Crippen LogP contribution is -2.39. The van der Waals surface area contributed by atoms with E-state index in [2.05, 4.69) is 12.6 Å². The quantitative estimate of drug-likeness (QED) is 0.707. The van der Waals surface area contributed by atoms with E-state index in [0.29, 0.717) is 11.3 Å². The average molecular weight is 273 g/mol. The molecule has 1 fully saturated rings. The Bertz CT molecular complexity index is 408. The highest BCUT2D eigenvalue weighted by atomic mass is 32.1. The first kappa shape index (κ1) is 13.1. The lowest BCUT2D eigenvalue weighted by Gasteiger charge is -2.26. The van der Waals surface area contributed by atoms with Gasteiger partial charge in [0, 0.05) is 18.7 Å². The van der Waals surface area contributed by atoms with Gasteiger partial charge >= 0.3 is 5.97 Å². The van der Waals surface area contributed by atoms with Gasteiger partial charge in [0.1, 0.15) is 5.25 Å². The fourth-order valence-electron chi connectivity index (χ4n) is 1.81. The smallest absolute Gasteiger partial charge is 0.348 e. The topological polar surface area (TPSA) is 80.9 Å². The molecule has 0 radical (unpaired) electrons. The minimum atomic E-state index is -0.744. The van der Waals surface area contributed by atoms with Crippen molar-refractivity contribution in [2.45, 2.75) is 30.6 Å². The molecule has 1 aromatic rings. The highest BCUT2D eigenvalue weighted by molar-refractivity contribution is 7.81. The van der Waals surface area contributed by atoms with Crippen molar-refractivity contribution in [3.05, 3.63) is 12.1 Å². The molecule has 2 heterocycles. The third-order valence-electron chi connectivity index (χ3n) is 2.79. The number of hydrogen-bond donors (Lipinski definition) is 3. The van der Waals surface area contributed by atoms with Crippen molar-refractivity contribution in [2.24, 2.45) is 0 Å². The van der Waals surface area contributed by atoms with E-state index < -0.39 is 11.2 Å². The monoisotopic (exact) mass is 273 g/mol. The molecule has 6 nitrogen and oxygen atoms in total. The Hall–Kier alpha value is -1.34. The van der Waals surface area contributed by atoms with Gasteiger partial charge in [-0.2, -0.15) is 12.6 Å². The van der Waals surface area contributed by atoms with E-state index in [4.69, 9.17) is 9.57 Å². The summed E-state index contributed by atoms with van der Waals surface area (Å²) in [5, 5.41) is 17.9. The van der Waals surface area contributed by atoms with Crippen LogP contribution in [0, 0.1) is 0 Å². The summed E-state index contributed by atoms with van der Waals surface area (Å²) in [5.41, 5.74) is 0. The largest absolute Gasteiger partial charge is 0.492 e. The van der Waals surface area contributed by atoms with Gasteiger partial charge in [-0.05, 0) is 19.3 Å². The molecule has 7 heteroatoms. The first-order valence-electron chi connectivity index (χ1n) is 5.71. The first-order valence-corrected chi connectivity index (χ1v) is 6.23. The summed E-state index contributed by atoms with van der Waals surface area (Å²) in [6, 6.07) is 2.43. The Kier molecular flexibility index (Phi) is 4.03. The van der Waals surface area contributed by atoms with Gasteiger partial charge in [-0.15, -0.1) is 4.73 Å². The van der Waals surface area contributed by atoms with Gasteiger partial charge in [0.05, 0.1) is 6.10 Å². The maximum Gasteiger partial charge on any atom is 0.348 e. The maximum atomic E-state index is 11.8. The summed E-state index contributed by atoms with van der Waals surface area (Å²) in [5.74, 6) is -1.39. The third-order valence-corrected chi connectivity index (χ3v) is 3.33. The lowest BCUT2D eigenvalue weighted by atomic mass is 10.1. The first-order chi connectivity index (χ1) is 8.59. The number of ether oxygens (including phenoxy) is 1. The van der Waals surface area contributed by atoms with E-state index >= 15 is 0 Å². The minimum Gasteiger partial charge on any atom is -0.492 e. The van der Waals surface area contributed by atoms with Crippen molar-refractivity contribution < 1.29 is 24.6 Å². The fourth-order valence-corrected chi connectivity index (χ4v) is 2.09. The van der Waals surface area contributed by atoms with Gasteiger partial charge in [-0.1, -0.05) is 0 Å². The number of aromatic nitrogens is 1. The van der Waals surface area contributed by atoms with Crippen LogP contribution in [-0.4, -0.2) is 38.9 Å². The van der Waals surface area contributed by atoms with Crippen LogP contribution in [0.25, 0.3) is 0 Å². The van der Waals surface area contributed by atoms with Crippen LogP contribution in [0.5, 0.6) is 11.8 Å². The van der Waals surface area contributed by atoms with Crippen molar-refractivity contribution in [1.29, 1.82) is 0 Å². The van der Waals surface area contributed by atoms with E-state index in [0.717, 1.165) is 19.3 Å². The SMILES string of the molecule is O=C(On1c(O)ccc1O)C(S)C1CCCCO1. The molecule has 100 valence electrons. The molecule has 2 rings (SSSR count). The number of hydrogen-bond acceptors (Lipinski definition) is 6. The van der Waals surface area contributed by atoms with Crippen LogP contribution in [-0.2, 0) is 9.53 Å². The van der Waals surface area contributed by atoms with Gasteiger partial charge in [0.2, 0.25) is 11.8 Å². The third kappa shape index (κ3) is 2.73. The molecule has 0 saturated carbocycles. The molecular formula is C11H15NO5S. The van der Waals surface area contributed by atoms with E-state index in [1.54, 1.807) is 0 Å². The molecule has 2 unspecified atom stereocenters. The number of carbonyl (C=O) groups is 1. The second kappa shape index (κ2) is 5.53. The molecule has 0 amide bonds. The molecule has 0 bridgehead atoms. The molecule has 0 aromatic carbocycles. The maximum absolute atomic E-state index is 11.8. The average Bonchev–Trinajstić information content (AvgIpc) is 2.70. The van der Waals surface area contributed by atoms with Gasteiger partial charge in [-0.25, -0.2) is 4.79 Å². The van der Waals surface area contributed by atoms with Crippen LogP contribution >= 0.6 is 12.6 Å². The Morgan fingerprint density at radius 2 is 2.11 bits per heavy atom. The Balaban J connectivity index is 1.99. The van der Waals surface area contributed by atoms with Gasteiger partial charge < -0.3 is 19.8 Å². The number of aromatic hydroxyl groups is 2. The highest BCUT2D eigenvalue weighted by Crippen LogP contribution is 2.22. The van der Waals surface area contributed by atoms with E-state index in [1.807, 2.05) is 0 Å². The zero-order valence-corrected chi connectivity index (χ0v) is 10.5. The van der Waals surface area contributed by atoms with Crippen molar-refractivity contribution >= 4 is 18.6 Å². The summed E-state index contributed by atoms with van der Waals surface area (Å²) in [6.45, 7) is 0.606. The normalized spacial score (nSPS) is 21.5. The Morgan fingerprint density at radius 1 is 1.44 bits per heavy atom. The molecule has 1 aliphatic rings. The van der Waals surface area contributed by atoms with Gasteiger partial charge in [-0.3, -0.25) is 0 Å². The van der Waals surface area contributed by atoms with Crippen molar-refractivity contribution in [1.82, 2.24) is 4.73 Å². The molecule has 2 N–H and O–H groups in total. The van der Waals surface area contributed by atoms with E-state index in [-0.39, 0.29) is 17.9 Å². The molecule has 0 aliphatic carbocycles. The van der Waals surface area contributed by atoms with Crippen molar-refractivity contribution in [3.8, 4) is 11.8 Å². The summed E-state index contributed by atoms with van der Waals surface area (Å²) in [7, 11) is 0. The van der Waals surface area contributed by atoms with E-state index in [9.17, 15) is 15.0 Å². The summed E-state index contributed by atoms with van der Waals surface area (Å²) >= 11 is 4.17. The number of thiol groups is 1. The van der Waals surface area contributed by atoms with Gasteiger partial charge in [0.25, 0.3) is 0 Å². The molecule has 18 heavy (non-hydrogen) atoms. The molecular weight excluding hydrogens is 258 g/mol. The molecule has 0 spiro atoms. The van der Waals surface area contributed by atoms with Crippen LogP contribution < -0.4 is 4.84 Å². The van der Waals surface area contributed by atoms with Crippen molar-refractivity contribution in [2.75, 3.05) is 6.61 Å². The molecule has 1 aliphatic heterocycles. The predicted octanol–water partition coefficient (Wildman–Crippen LogP) is 0.722. The molecule has 1 saturated heterocycles. The number of nitrogens with zero attached hydrogens (tertiary/aromatic N) is 1. The second-order valence-electron chi connectivity index (χ2n) is 4.10. The summed E-state index contributed by atoms with van der Waals surface area (Å²) < 4.78 is 6.08. The van der Waals surface area contributed by atoms with Crippen LogP contribution in [0.1, 0.15) is 19.3 Å². The minimum absolute atomic E-state index is 0.297. The number of rotatable bonds is 3. The lowest BCUT2D eigenvalue weighted by molar-refractivity contribution is -0.148. The fraction of sp³-hybridized carbons (Fsp3) is 0.545. The Morgan fingerprint density at radius 3 is 2.67 bits per heavy atom. The predicted molar refractivity (Wildman–Crippen MR) is 65.7 cm³/mol. The molecule has 2 atom stereocenters. The summed E-state index contributed by atoms with van der Waals surface area (Å²) in [4.78, 5) is 16.6. The standard InChI is InChI=1S/C11H15NO5S/c13-8-4-5-9(14)12(8)17-11(15)10(18)7-3-1-2-6-16-7/h4-5,7,10,13-14,18H,1-3,6H2. The second-order valence-corrected chi connectivity index (χ2v) is 4.66. The number of carbonyl (C=O) groups excluding carboxylic acids is 1. The zero-order chi connectivity index (χ0) is 13.1. The highest BCUT2D eigenvalue weighted by Gasteiger charge is 2.30. The van der Waals surface area contributed by atoms with Gasteiger partial charge in [0.15, 0.2) is 0 Å². The summed E-state index contributed by atoms with van der Waals surface area (Å²) in [6.07, 6.45) is 2.40. The Labute approximate surface area is 109 Å².